The van der Waals surface area contributed by atoms with Gasteiger partial charge < -0.3 is 19.7 Å². The highest BCUT2D eigenvalue weighted by Crippen LogP contribution is 2.64. The summed E-state index contributed by atoms with van der Waals surface area (Å²) in [5.74, 6) is -0.841. The van der Waals surface area contributed by atoms with Crippen LogP contribution in [0.4, 0.5) is 13.2 Å². The predicted octanol–water partition coefficient (Wildman–Crippen LogP) is 4.21. The average Bonchev–Trinajstić information content (AvgIpc) is 3.19. The van der Waals surface area contributed by atoms with Gasteiger partial charge in [0.15, 0.2) is 0 Å². The van der Waals surface area contributed by atoms with Crippen molar-refractivity contribution in [2.45, 2.75) is 43.8 Å². The first kappa shape index (κ1) is 20.3. The Morgan fingerprint density at radius 3 is 2.60 bits per heavy atom. The third-order valence-electron chi connectivity index (χ3n) is 5.88. The molecule has 0 unspecified atom stereocenters. The summed E-state index contributed by atoms with van der Waals surface area (Å²) in [6, 6.07) is 4.48. The van der Waals surface area contributed by atoms with Crippen molar-refractivity contribution >= 4 is 0 Å². The van der Waals surface area contributed by atoms with Crippen molar-refractivity contribution in [3.05, 3.63) is 53.1 Å². The van der Waals surface area contributed by atoms with E-state index in [1.54, 1.807) is 19.9 Å². The maximum atomic E-state index is 13.4. The number of benzene rings is 1. The molecule has 6 nitrogen and oxygen atoms in total. The van der Waals surface area contributed by atoms with Crippen LogP contribution >= 0.6 is 0 Å². The van der Waals surface area contributed by atoms with Gasteiger partial charge in [0, 0.05) is 6.42 Å². The Morgan fingerprint density at radius 2 is 2.00 bits per heavy atom. The lowest BCUT2D eigenvalue weighted by Gasteiger charge is -2.29. The number of hydrogen-bond donors (Lipinski definition) is 2. The van der Waals surface area contributed by atoms with Crippen molar-refractivity contribution in [3.63, 3.8) is 0 Å². The number of hydrogen-bond acceptors (Lipinski definition) is 5. The van der Waals surface area contributed by atoms with Gasteiger partial charge in [-0.05, 0) is 32.0 Å². The minimum Gasteiger partial charge on any atom is -0.494 e. The molecular formula is C21H19F3N2O4. The molecule has 2 aliphatic rings. The molecule has 0 radical (unpaired) electrons. The third kappa shape index (κ3) is 2.57. The second-order valence-electron chi connectivity index (χ2n) is 7.83. The largest absolute Gasteiger partial charge is 0.494 e. The molecule has 1 fully saturated rings. The highest BCUT2D eigenvalue weighted by molar-refractivity contribution is 5.62. The Hall–Kier alpha value is -2.96. The second-order valence-corrected chi connectivity index (χ2v) is 7.83. The van der Waals surface area contributed by atoms with E-state index in [0.717, 1.165) is 16.7 Å². The summed E-state index contributed by atoms with van der Waals surface area (Å²) in [5, 5.41) is 30.8. The van der Waals surface area contributed by atoms with Crippen LogP contribution in [0.1, 0.15) is 42.5 Å². The van der Waals surface area contributed by atoms with Gasteiger partial charge >= 0.3 is 6.18 Å². The van der Waals surface area contributed by atoms with Gasteiger partial charge in [0.2, 0.25) is 11.8 Å². The van der Waals surface area contributed by atoms with Crippen LogP contribution in [-0.2, 0) is 26.9 Å². The monoisotopic (exact) mass is 420 g/mol. The Kier molecular flexibility index (Phi) is 4.24. The van der Waals surface area contributed by atoms with Crippen molar-refractivity contribution < 1.29 is 32.9 Å². The van der Waals surface area contributed by atoms with Crippen LogP contribution in [0, 0.1) is 11.3 Å². The highest BCUT2D eigenvalue weighted by Gasteiger charge is 2.65. The molecule has 3 heterocycles. The molecule has 1 aromatic carbocycles. The second kappa shape index (κ2) is 6.27. The molecule has 1 saturated heterocycles. The minimum atomic E-state index is -4.77. The number of aromatic nitrogens is 1. The van der Waals surface area contributed by atoms with E-state index in [9.17, 15) is 23.4 Å². The molecule has 0 amide bonds. The van der Waals surface area contributed by atoms with Crippen molar-refractivity contribution in [3.8, 4) is 23.5 Å². The Balaban J connectivity index is 1.90. The maximum absolute atomic E-state index is 13.4. The first-order chi connectivity index (χ1) is 14.0. The van der Waals surface area contributed by atoms with Crippen LogP contribution in [0.3, 0.4) is 0 Å². The van der Waals surface area contributed by atoms with Crippen molar-refractivity contribution in [1.82, 2.24) is 4.57 Å². The summed E-state index contributed by atoms with van der Waals surface area (Å²) in [7, 11) is 0. The standard InChI is InChI=1S/C21H19F3N2O4/c1-4-7-29-14-9-19(2)15-16(20(14,3)30-19)18(28)26(17(15)27)12-6-5-11(10-25)13(8-12)21(22,23)24/h4-6,8,14,27-28H,1,7,9H2,2-3H3/t14-,19+,20-/m1/s1. The Bertz CT molecular complexity index is 1100. The summed E-state index contributed by atoms with van der Waals surface area (Å²) in [6.45, 7) is 7.31. The van der Waals surface area contributed by atoms with Gasteiger partial charge in [-0.3, -0.25) is 4.57 Å². The summed E-state index contributed by atoms with van der Waals surface area (Å²) >= 11 is 0. The third-order valence-corrected chi connectivity index (χ3v) is 5.88. The number of rotatable bonds is 4. The SMILES string of the molecule is C=CCO[C@@H]1C[C@]2(C)O[C@@]1(C)c1c2c(O)n(-c2ccc(C#N)c(C(F)(F)F)c2)c1O. The van der Waals surface area contributed by atoms with Crippen LogP contribution in [0.15, 0.2) is 30.9 Å². The van der Waals surface area contributed by atoms with Gasteiger partial charge in [0.05, 0.1) is 52.3 Å². The number of ether oxygens (including phenoxy) is 2. The van der Waals surface area contributed by atoms with E-state index in [-0.39, 0.29) is 17.9 Å². The maximum Gasteiger partial charge on any atom is 0.417 e. The molecule has 4 rings (SSSR count). The smallest absolute Gasteiger partial charge is 0.417 e. The van der Waals surface area contributed by atoms with Gasteiger partial charge in [-0.2, -0.15) is 18.4 Å². The fourth-order valence-electron chi connectivity index (χ4n) is 4.66. The van der Waals surface area contributed by atoms with Gasteiger partial charge in [0.25, 0.3) is 0 Å². The summed E-state index contributed by atoms with van der Waals surface area (Å²) in [6.07, 6.45) is -3.24. The zero-order valence-electron chi connectivity index (χ0n) is 16.2. The van der Waals surface area contributed by atoms with Crippen LogP contribution in [0.2, 0.25) is 0 Å². The highest BCUT2D eigenvalue weighted by atomic mass is 19.4. The van der Waals surface area contributed by atoms with E-state index < -0.39 is 46.4 Å². The zero-order chi connectivity index (χ0) is 22.1. The summed E-state index contributed by atoms with van der Waals surface area (Å²) < 4.78 is 53.0. The Labute approximate surface area is 170 Å². The van der Waals surface area contributed by atoms with Crippen molar-refractivity contribution in [2.24, 2.45) is 0 Å². The molecule has 3 atom stereocenters. The summed E-state index contributed by atoms with van der Waals surface area (Å²) in [4.78, 5) is 0. The molecule has 2 aliphatic heterocycles. The van der Waals surface area contributed by atoms with Gasteiger partial charge in [-0.25, -0.2) is 0 Å². The van der Waals surface area contributed by atoms with Crippen molar-refractivity contribution in [1.29, 1.82) is 5.26 Å². The zero-order valence-corrected chi connectivity index (χ0v) is 16.2. The normalized spacial score (nSPS) is 27.1. The lowest BCUT2D eigenvalue weighted by Crippen LogP contribution is -2.35. The molecule has 0 spiro atoms. The molecule has 0 aliphatic carbocycles. The van der Waals surface area contributed by atoms with E-state index in [1.165, 1.54) is 12.1 Å². The van der Waals surface area contributed by atoms with Crippen LogP contribution in [-0.4, -0.2) is 27.5 Å². The molecule has 1 aromatic heterocycles. The van der Waals surface area contributed by atoms with Crippen LogP contribution in [0.5, 0.6) is 11.8 Å². The van der Waals surface area contributed by atoms with Crippen molar-refractivity contribution in [2.75, 3.05) is 6.61 Å². The fraction of sp³-hybridized carbons (Fsp3) is 0.381. The van der Waals surface area contributed by atoms with Crippen LogP contribution < -0.4 is 0 Å². The first-order valence-electron chi connectivity index (χ1n) is 9.20. The number of nitrogens with zero attached hydrogens (tertiary/aromatic N) is 2. The number of alkyl halides is 3. The molecule has 30 heavy (non-hydrogen) atoms. The van der Waals surface area contributed by atoms with Crippen LogP contribution in [0.25, 0.3) is 5.69 Å². The first-order valence-corrected chi connectivity index (χ1v) is 9.20. The number of aromatic hydroxyl groups is 2. The topological polar surface area (TPSA) is 87.6 Å². The molecule has 2 bridgehead atoms. The number of fused-ring (bicyclic) bond motifs is 5. The molecule has 9 heteroatoms. The Morgan fingerprint density at radius 1 is 1.33 bits per heavy atom. The molecule has 2 aromatic rings. The minimum absolute atomic E-state index is 0.124. The quantitative estimate of drug-likeness (QED) is 0.724. The van der Waals surface area contributed by atoms with Gasteiger partial charge in [0.1, 0.15) is 5.60 Å². The fourth-order valence-corrected chi connectivity index (χ4v) is 4.66. The van der Waals surface area contributed by atoms with Gasteiger partial charge in [-0.15, -0.1) is 6.58 Å². The van der Waals surface area contributed by atoms with Gasteiger partial charge in [-0.1, -0.05) is 6.08 Å². The molecular weight excluding hydrogens is 401 g/mol. The lowest BCUT2D eigenvalue weighted by atomic mass is 9.78. The van der Waals surface area contributed by atoms with E-state index in [0.29, 0.717) is 12.0 Å². The predicted molar refractivity (Wildman–Crippen MR) is 99.2 cm³/mol. The lowest BCUT2D eigenvalue weighted by molar-refractivity contribution is -0.137. The van der Waals surface area contributed by atoms with E-state index >= 15 is 0 Å². The molecule has 0 saturated carbocycles. The van der Waals surface area contributed by atoms with E-state index in [1.807, 2.05) is 0 Å². The molecule has 2 N–H and O–H groups in total. The number of nitriles is 1. The van der Waals surface area contributed by atoms with E-state index in [4.69, 9.17) is 14.7 Å². The number of halogens is 3. The average molecular weight is 420 g/mol. The van der Waals surface area contributed by atoms with E-state index in [2.05, 4.69) is 6.58 Å². The summed E-state index contributed by atoms with van der Waals surface area (Å²) in [5.41, 5.74) is -3.31. The molecule has 158 valence electrons.